The van der Waals surface area contributed by atoms with Gasteiger partial charge in [0.2, 0.25) is 11.8 Å². The van der Waals surface area contributed by atoms with Gasteiger partial charge < -0.3 is 15.3 Å². The van der Waals surface area contributed by atoms with Crippen LogP contribution in [0.5, 0.6) is 0 Å². The molecule has 0 aromatic carbocycles. The largest absolute Gasteiger partial charge is 0.395 e. The van der Waals surface area contributed by atoms with Gasteiger partial charge in [0.1, 0.15) is 0 Å². The van der Waals surface area contributed by atoms with Crippen molar-refractivity contribution in [3.05, 3.63) is 0 Å². The number of nitrogens with zero attached hydrogens (tertiary/aromatic N) is 1. The zero-order chi connectivity index (χ0) is 12.8. The fourth-order valence-electron chi connectivity index (χ4n) is 2.05. The standard InChI is InChI=1S/C12H22N2O3/c1-9(2)12(17)14-6-3-10(4-7-14)11(16)13-5-8-15/h9-10,15H,3-8H2,1-2H3,(H,13,16). The van der Waals surface area contributed by atoms with Crippen LogP contribution in [-0.4, -0.2) is 48.1 Å². The molecular formula is C12H22N2O3. The molecule has 1 fully saturated rings. The molecule has 5 nitrogen and oxygen atoms in total. The number of nitrogens with one attached hydrogen (secondary N) is 1. The Balaban J connectivity index is 2.35. The van der Waals surface area contributed by atoms with E-state index in [1.54, 1.807) is 0 Å². The van der Waals surface area contributed by atoms with Gasteiger partial charge in [0.15, 0.2) is 0 Å². The lowest BCUT2D eigenvalue weighted by atomic mass is 9.95. The molecule has 1 heterocycles. The Hall–Kier alpha value is -1.10. The summed E-state index contributed by atoms with van der Waals surface area (Å²) in [5.74, 6) is 0.169. The quantitative estimate of drug-likeness (QED) is 0.728. The van der Waals surface area contributed by atoms with Crippen LogP contribution in [0.3, 0.4) is 0 Å². The van der Waals surface area contributed by atoms with Crippen LogP contribution in [0.25, 0.3) is 0 Å². The molecule has 0 aliphatic carbocycles. The average molecular weight is 242 g/mol. The van der Waals surface area contributed by atoms with Crippen LogP contribution in [0.2, 0.25) is 0 Å². The molecule has 1 rings (SSSR count). The molecule has 2 amide bonds. The van der Waals surface area contributed by atoms with Crippen LogP contribution >= 0.6 is 0 Å². The van der Waals surface area contributed by atoms with Crippen molar-refractivity contribution in [3.63, 3.8) is 0 Å². The lowest BCUT2D eigenvalue weighted by Gasteiger charge is -2.32. The summed E-state index contributed by atoms with van der Waals surface area (Å²) >= 11 is 0. The summed E-state index contributed by atoms with van der Waals surface area (Å²) in [5.41, 5.74) is 0. The molecule has 0 spiro atoms. The minimum atomic E-state index is -0.0313. The van der Waals surface area contributed by atoms with Gasteiger partial charge in [-0.3, -0.25) is 9.59 Å². The molecule has 17 heavy (non-hydrogen) atoms. The van der Waals surface area contributed by atoms with Gasteiger partial charge in [-0.25, -0.2) is 0 Å². The first-order chi connectivity index (χ1) is 8.06. The average Bonchev–Trinajstić information content (AvgIpc) is 2.35. The number of aliphatic hydroxyl groups is 1. The van der Waals surface area contributed by atoms with Crippen LogP contribution < -0.4 is 5.32 Å². The van der Waals surface area contributed by atoms with Crippen molar-refractivity contribution < 1.29 is 14.7 Å². The first-order valence-corrected chi connectivity index (χ1v) is 6.23. The van der Waals surface area contributed by atoms with Crippen LogP contribution in [0.15, 0.2) is 0 Å². The topological polar surface area (TPSA) is 69.6 Å². The SMILES string of the molecule is CC(C)C(=O)N1CCC(C(=O)NCCO)CC1. The van der Waals surface area contributed by atoms with Gasteiger partial charge in [0.25, 0.3) is 0 Å². The van der Waals surface area contributed by atoms with Gasteiger partial charge >= 0.3 is 0 Å². The number of hydrogen-bond acceptors (Lipinski definition) is 3. The van der Waals surface area contributed by atoms with E-state index in [-0.39, 0.29) is 30.3 Å². The zero-order valence-electron chi connectivity index (χ0n) is 10.6. The molecule has 0 unspecified atom stereocenters. The van der Waals surface area contributed by atoms with Crippen LogP contribution in [0.1, 0.15) is 26.7 Å². The second-order valence-corrected chi connectivity index (χ2v) is 4.77. The second kappa shape index (κ2) is 6.59. The fourth-order valence-corrected chi connectivity index (χ4v) is 2.05. The van der Waals surface area contributed by atoms with Gasteiger partial charge in [0.05, 0.1) is 6.61 Å². The highest BCUT2D eigenvalue weighted by molar-refractivity contribution is 5.80. The predicted molar refractivity (Wildman–Crippen MR) is 64.2 cm³/mol. The first kappa shape index (κ1) is 14.0. The number of amides is 2. The normalized spacial score (nSPS) is 17.3. The van der Waals surface area contributed by atoms with E-state index in [1.165, 1.54) is 0 Å². The Morgan fingerprint density at radius 2 is 1.94 bits per heavy atom. The summed E-state index contributed by atoms with van der Waals surface area (Å²) in [5, 5.41) is 11.3. The number of carbonyl (C=O) groups is 2. The minimum absolute atomic E-state index is 0.00399. The number of likely N-dealkylation sites (tertiary alicyclic amines) is 1. The highest BCUT2D eigenvalue weighted by atomic mass is 16.3. The van der Waals surface area contributed by atoms with E-state index in [0.29, 0.717) is 19.6 Å². The van der Waals surface area contributed by atoms with Crippen LogP contribution in [0, 0.1) is 11.8 Å². The van der Waals surface area contributed by atoms with E-state index in [0.717, 1.165) is 12.8 Å². The Morgan fingerprint density at radius 3 is 2.41 bits per heavy atom. The summed E-state index contributed by atoms with van der Waals surface area (Å²) in [6.45, 7) is 5.38. The molecular weight excluding hydrogens is 220 g/mol. The third-order valence-electron chi connectivity index (χ3n) is 3.08. The Kier molecular flexibility index (Phi) is 5.41. The molecule has 1 aliphatic heterocycles. The van der Waals surface area contributed by atoms with Gasteiger partial charge in [0, 0.05) is 31.5 Å². The molecule has 2 N–H and O–H groups in total. The third kappa shape index (κ3) is 4.00. The summed E-state index contributed by atoms with van der Waals surface area (Å²) < 4.78 is 0. The fraction of sp³-hybridized carbons (Fsp3) is 0.833. The molecule has 0 atom stereocenters. The Bertz CT molecular complexity index is 271. The van der Waals surface area contributed by atoms with Gasteiger partial charge in [-0.2, -0.15) is 0 Å². The van der Waals surface area contributed by atoms with Gasteiger partial charge in [-0.15, -0.1) is 0 Å². The highest BCUT2D eigenvalue weighted by Crippen LogP contribution is 2.18. The number of piperidine rings is 1. The number of hydrogen-bond donors (Lipinski definition) is 2. The lowest BCUT2D eigenvalue weighted by Crippen LogP contribution is -2.44. The molecule has 0 bridgehead atoms. The molecule has 5 heteroatoms. The molecule has 0 radical (unpaired) electrons. The first-order valence-electron chi connectivity index (χ1n) is 6.23. The summed E-state index contributed by atoms with van der Waals surface area (Å²) in [4.78, 5) is 25.2. The van der Waals surface area contributed by atoms with Crippen molar-refractivity contribution in [2.75, 3.05) is 26.2 Å². The van der Waals surface area contributed by atoms with E-state index in [9.17, 15) is 9.59 Å². The van der Waals surface area contributed by atoms with E-state index in [1.807, 2.05) is 18.7 Å². The molecule has 0 aromatic rings. The Labute approximate surface area is 102 Å². The summed E-state index contributed by atoms with van der Waals surface area (Å²) in [6, 6.07) is 0. The van der Waals surface area contributed by atoms with Gasteiger partial charge in [-0.05, 0) is 12.8 Å². The number of aliphatic hydroxyl groups excluding tert-OH is 1. The molecule has 98 valence electrons. The van der Waals surface area contributed by atoms with Gasteiger partial charge in [-0.1, -0.05) is 13.8 Å². The number of carbonyl (C=O) groups excluding carboxylic acids is 2. The van der Waals surface area contributed by atoms with E-state index >= 15 is 0 Å². The van der Waals surface area contributed by atoms with Crippen molar-refractivity contribution in [1.29, 1.82) is 0 Å². The third-order valence-corrected chi connectivity index (χ3v) is 3.08. The molecule has 1 saturated heterocycles. The smallest absolute Gasteiger partial charge is 0.225 e. The predicted octanol–water partition coefficient (Wildman–Crippen LogP) is -0.0105. The van der Waals surface area contributed by atoms with Crippen molar-refractivity contribution in [2.45, 2.75) is 26.7 Å². The maximum atomic E-state index is 11.7. The maximum Gasteiger partial charge on any atom is 0.225 e. The Morgan fingerprint density at radius 1 is 1.35 bits per heavy atom. The maximum absolute atomic E-state index is 11.7. The lowest BCUT2D eigenvalue weighted by molar-refractivity contribution is -0.138. The van der Waals surface area contributed by atoms with E-state index < -0.39 is 0 Å². The second-order valence-electron chi connectivity index (χ2n) is 4.77. The molecule has 0 saturated carbocycles. The molecule has 1 aliphatic rings. The van der Waals surface area contributed by atoms with Crippen molar-refractivity contribution in [2.24, 2.45) is 11.8 Å². The van der Waals surface area contributed by atoms with Crippen molar-refractivity contribution >= 4 is 11.8 Å². The van der Waals surface area contributed by atoms with E-state index in [2.05, 4.69) is 5.32 Å². The summed E-state index contributed by atoms with van der Waals surface area (Å²) in [7, 11) is 0. The van der Waals surface area contributed by atoms with Crippen molar-refractivity contribution in [3.8, 4) is 0 Å². The summed E-state index contributed by atoms with van der Waals surface area (Å²) in [6.07, 6.45) is 1.44. The molecule has 0 aromatic heterocycles. The highest BCUT2D eigenvalue weighted by Gasteiger charge is 2.27. The monoisotopic (exact) mass is 242 g/mol. The minimum Gasteiger partial charge on any atom is -0.395 e. The van der Waals surface area contributed by atoms with Crippen LogP contribution in [0.4, 0.5) is 0 Å². The van der Waals surface area contributed by atoms with Crippen LogP contribution in [-0.2, 0) is 9.59 Å². The van der Waals surface area contributed by atoms with E-state index in [4.69, 9.17) is 5.11 Å². The number of rotatable bonds is 4. The zero-order valence-corrected chi connectivity index (χ0v) is 10.6. The van der Waals surface area contributed by atoms with Crippen molar-refractivity contribution in [1.82, 2.24) is 10.2 Å².